The van der Waals surface area contributed by atoms with Crippen LogP contribution in [0.3, 0.4) is 0 Å². The van der Waals surface area contributed by atoms with E-state index >= 15 is 0 Å². The molecule has 26 atom stereocenters. The van der Waals surface area contributed by atoms with E-state index in [1.54, 1.807) is 41.5 Å². The minimum Gasteiger partial charge on any atom is -0.479 e. The van der Waals surface area contributed by atoms with Crippen LogP contribution >= 0.6 is 0 Å². The predicted molar refractivity (Wildman–Crippen MR) is 250 cm³/mol. The third-order valence-corrected chi connectivity index (χ3v) is 14.7. The molecule has 0 aromatic heterocycles. The fourth-order valence-electron chi connectivity index (χ4n) is 9.65. The molecule has 4 aliphatic heterocycles. The highest BCUT2D eigenvalue weighted by atomic mass is 16.7. The maximum Gasteiger partial charge on any atom is 0.335 e. The lowest BCUT2D eigenvalue weighted by Gasteiger charge is -2.47. The summed E-state index contributed by atoms with van der Waals surface area (Å²) >= 11 is 0. The SMILES string of the molecule is CC[C@H]1OC(=O)[C@H](C)[C@@H](O[C@H]2C[C@@](C)(OC)[C@@H](O)[C@H](C)O2)[C@H](C)[C@@H](O[C@@H]2O[C@H](C)C[C@H](N(C)C)[C@H]2O)[C]C[C@@H](C)C(=O)[C@H](C)[C@@H](O)[C@]1(C)O.O=C(O)[C@H](O)[C@@H](O)[C@H](O[C@@H]1O[C@H](CO)[C@H](O)[C@H](O)[C@H]1O)[C@H](O)CO. The van der Waals surface area contributed by atoms with E-state index in [1.165, 1.54) is 14.0 Å². The zero-order chi connectivity index (χ0) is 55.8. The number of hydrogen-bond donors (Lipinski definition) is 13. The van der Waals surface area contributed by atoms with E-state index in [4.69, 9.17) is 53.2 Å². The average Bonchev–Trinajstić information content (AvgIpc) is 3.35. The Labute approximate surface area is 426 Å². The summed E-state index contributed by atoms with van der Waals surface area (Å²) in [6.07, 6.45) is -21.9. The second-order valence-electron chi connectivity index (χ2n) is 20.6. The maximum absolute atomic E-state index is 14.0. The van der Waals surface area contributed by atoms with E-state index in [1.807, 2.05) is 32.8 Å². The summed E-state index contributed by atoms with van der Waals surface area (Å²) in [5.41, 5.74) is -2.94. The summed E-state index contributed by atoms with van der Waals surface area (Å²) in [5.74, 6) is -6.06. The Morgan fingerprint density at radius 1 is 0.849 bits per heavy atom. The number of carboxylic acid groups (broad SMARTS) is 1. The van der Waals surface area contributed by atoms with Gasteiger partial charge in [0.05, 0.1) is 55.3 Å². The van der Waals surface area contributed by atoms with Crippen molar-refractivity contribution in [2.45, 2.75) is 222 Å². The third-order valence-electron chi connectivity index (χ3n) is 14.7. The van der Waals surface area contributed by atoms with Gasteiger partial charge in [-0.3, -0.25) is 9.59 Å². The number of hydrogen-bond acceptors (Lipinski definition) is 24. The number of cyclic esters (lactones) is 1. The van der Waals surface area contributed by atoms with Crippen molar-refractivity contribution in [3.8, 4) is 0 Å². The number of carbonyl (C=O) groups is 3. The number of rotatable bonds is 15. The standard InChI is InChI=1S/C36H63NO12.C12H22O12/c1-13-26-36(9,43)31(40)21(5)28(38)18(2)14-15-25(47-34-29(39)24(37(10)11)16-19(3)45-34)20(4)30(22(6)33(42)48-26)49-27-17-35(8,44-12)32(41)23(7)46-27;13-1-3(15)10(7(18)8(19)11(21)22)24-12-9(20)6(17)5(16)4(2-14)23-12/h18-27,29-32,34,39-41,43H,13-14,16-17H2,1-12H3;3-10,12-20H,1-2H2,(H,21,22)/t18-,19-,20-,21+,22-,23+,24+,25+,26-,27+,29-,30+,31-,32+,34+,35-,36-;3-,4-,5+,6+,7-,8-,9-,10-,12+/m11/s1. The molecular formula is C48H85NO24. The molecular weight excluding hydrogens is 975 g/mol. The van der Waals surface area contributed by atoms with Crippen molar-refractivity contribution >= 4 is 17.7 Å². The van der Waals surface area contributed by atoms with Gasteiger partial charge in [0.1, 0.15) is 72.4 Å². The molecule has 25 heteroatoms. The molecule has 0 aromatic rings. The van der Waals surface area contributed by atoms with Crippen LogP contribution in [0, 0.1) is 30.1 Å². The van der Waals surface area contributed by atoms with E-state index in [0.717, 1.165) is 0 Å². The topological polar surface area (TPSA) is 391 Å². The molecule has 25 nitrogen and oxygen atoms in total. The number of ketones is 1. The van der Waals surface area contributed by atoms with Gasteiger partial charge in [0.25, 0.3) is 0 Å². The maximum atomic E-state index is 14.0. The van der Waals surface area contributed by atoms with Crippen LogP contribution in [0.2, 0.25) is 0 Å². The Balaban J connectivity index is 0.000000490. The molecule has 0 bridgehead atoms. The van der Waals surface area contributed by atoms with Crippen LogP contribution in [0.1, 0.15) is 88.0 Å². The van der Waals surface area contributed by atoms with Gasteiger partial charge in [0.15, 0.2) is 25.0 Å². The highest BCUT2D eigenvalue weighted by molar-refractivity contribution is 5.83. The third kappa shape index (κ3) is 15.7. The Bertz CT molecular complexity index is 1710. The highest BCUT2D eigenvalue weighted by Crippen LogP contribution is 2.38. The van der Waals surface area contributed by atoms with Crippen LogP contribution < -0.4 is 0 Å². The molecule has 426 valence electrons. The van der Waals surface area contributed by atoms with Crippen LogP contribution in [-0.4, -0.2) is 257 Å². The molecule has 2 radical (unpaired) electrons. The van der Waals surface area contributed by atoms with Gasteiger partial charge in [0, 0.05) is 43.7 Å². The molecule has 0 amide bonds. The van der Waals surface area contributed by atoms with Crippen LogP contribution in [0.25, 0.3) is 0 Å². The lowest BCUT2D eigenvalue weighted by Crippen LogP contribution is -2.61. The molecule has 0 saturated carbocycles. The molecule has 4 aliphatic rings. The number of nitrogens with zero attached hydrogens (tertiary/aromatic N) is 1. The van der Waals surface area contributed by atoms with Crippen LogP contribution in [0.15, 0.2) is 0 Å². The van der Waals surface area contributed by atoms with E-state index < -0.39 is 170 Å². The van der Waals surface area contributed by atoms with Gasteiger partial charge < -0.3 is 109 Å². The normalized spacial score (nSPS) is 44.2. The Hall–Kier alpha value is -2.19. The van der Waals surface area contributed by atoms with E-state index in [2.05, 4.69) is 6.42 Å². The minimum atomic E-state index is -2.39. The largest absolute Gasteiger partial charge is 0.479 e. The van der Waals surface area contributed by atoms with Gasteiger partial charge in [-0.1, -0.05) is 27.7 Å². The lowest BCUT2D eigenvalue weighted by molar-refractivity contribution is -0.326. The first-order chi connectivity index (χ1) is 33.8. The molecule has 4 fully saturated rings. The Morgan fingerprint density at radius 2 is 1.47 bits per heavy atom. The average molecular weight is 1060 g/mol. The van der Waals surface area contributed by atoms with Gasteiger partial charge >= 0.3 is 11.9 Å². The van der Waals surface area contributed by atoms with Crippen molar-refractivity contribution in [3.05, 3.63) is 6.42 Å². The number of likely N-dealkylation sites (N-methyl/N-ethyl adjacent to an activating group) is 1. The number of Topliss-reactive ketones (excluding diaryl/α,β-unsaturated/α-hetero) is 1. The number of ether oxygens (including phenoxy) is 8. The van der Waals surface area contributed by atoms with E-state index in [-0.39, 0.29) is 37.2 Å². The van der Waals surface area contributed by atoms with Crippen molar-refractivity contribution < 1.29 is 119 Å². The smallest absolute Gasteiger partial charge is 0.335 e. The molecule has 0 aliphatic carbocycles. The number of aliphatic hydroxyl groups excluding tert-OH is 11. The molecule has 4 heterocycles. The fraction of sp³-hybridized carbons (Fsp3) is 0.917. The molecule has 4 rings (SSSR count). The highest BCUT2D eigenvalue weighted by Gasteiger charge is 2.52. The lowest BCUT2D eigenvalue weighted by atomic mass is 9.78. The van der Waals surface area contributed by atoms with Crippen molar-refractivity contribution in [3.63, 3.8) is 0 Å². The van der Waals surface area contributed by atoms with Gasteiger partial charge in [-0.25, -0.2) is 4.79 Å². The van der Waals surface area contributed by atoms with Gasteiger partial charge in [0.2, 0.25) is 0 Å². The minimum absolute atomic E-state index is 0.107. The summed E-state index contributed by atoms with van der Waals surface area (Å²) in [7, 11) is 5.26. The zero-order valence-electron chi connectivity index (χ0n) is 43.9. The zero-order valence-corrected chi connectivity index (χ0v) is 43.9. The fourth-order valence-corrected chi connectivity index (χ4v) is 9.65. The van der Waals surface area contributed by atoms with E-state index in [0.29, 0.717) is 6.42 Å². The number of carboxylic acids is 1. The predicted octanol–water partition coefficient (Wildman–Crippen LogP) is -3.55. The van der Waals surface area contributed by atoms with Crippen molar-refractivity contribution in [2.24, 2.45) is 23.7 Å². The van der Waals surface area contributed by atoms with Gasteiger partial charge in [-0.05, 0) is 68.0 Å². The van der Waals surface area contributed by atoms with Gasteiger partial charge in [-0.15, -0.1) is 0 Å². The molecule has 73 heavy (non-hydrogen) atoms. The summed E-state index contributed by atoms with van der Waals surface area (Å²) in [6, 6.07) is -0.250. The molecule has 0 spiro atoms. The Kier molecular flexibility index (Phi) is 24.9. The van der Waals surface area contributed by atoms with E-state index in [9.17, 15) is 65.4 Å². The van der Waals surface area contributed by atoms with Crippen LogP contribution in [0.5, 0.6) is 0 Å². The first-order valence-electron chi connectivity index (χ1n) is 24.8. The molecule has 13 N–H and O–H groups in total. The number of methoxy groups -OCH3 is 1. The second-order valence-corrected chi connectivity index (χ2v) is 20.6. The monoisotopic (exact) mass is 1060 g/mol. The molecule has 0 unspecified atom stereocenters. The number of aliphatic hydroxyl groups is 12. The first-order valence-corrected chi connectivity index (χ1v) is 24.8. The van der Waals surface area contributed by atoms with Crippen molar-refractivity contribution in [2.75, 3.05) is 34.4 Å². The summed E-state index contributed by atoms with van der Waals surface area (Å²) in [6.45, 7) is 13.4. The van der Waals surface area contributed by atoms with Crippen molar-refractivity contribution in [1.29, 1.82) is 0 Å². The number of esters is 1. The number of carbonyl (C=O) groups excluding carboxylic acids is 2. The van der Waals surface area contributed by atoms with Crippen LogP contribution in [-0.2, 0) is 52.3 Å². The summed E-state index contributed by atoms with van der Waals surface area (Å²) in [4.78, 5) is 40.2. The van der Waals surface area contributed by atoms with Crippen LogP contribution in [0.4, 0.5) is 0 Å². The first kappa shape index (κ1) is 65.1. The van der Waals surface area contributed by atoms with Gasteiger partial charge in [-0.2, -0.15) is 0 Å². The number of aliphatic carboxylic acids is 1. The second kappa shape index (κ2) is 27.9. The molecule has 0 aromatic carbocycles. The summed E-state index contributed by atoms with van der Waals surface area (Å²) in [5, 5.41) is 129. The Morgan fingerprint density at radius 3 is 2.00 bits per heavy atom. The summed E-state index contributed by atoms with van der Waals surface area (Å²) < 4.78 is 46.9. The quantitative estimate of drug-likeness (QED) is 0.0706. The van der Waals surface area contributed by atoms with Crippen molar-refractivity contribution in [1.82, 2.24) is 4.90 Å². The molecule has 4 saturated heterocycles.